The topological polar surface area (TPSA) is 123 Å². The van der Waals surface area contributed by atoms with E-state index in [-0.39, 0.29) is 12.0 Å². The van der Waals surface area contributed by atoms with Crippen LogP contribution in [0.5, 0.6) is 0 Å². The van der Waals surface area contributed by atoms with E-state index in [0.29, 0.717) is 23.6 Å². The van der Waals surface area contributed by atoms with Gasteiger partial charge in [0.2, 0.25) is 0 Å². The van der Waals surface area contributed by atoms with Crippen molar-refractivity contribution in [2.24, 2.45) is 0 Å². The Kier molecular flexibility index (Phi) is 3.40. The number of nitrogens with zero attached hydrogens (tertiary/aromatic N) is 3. The van der Waals surface area contributed by atoms with Crippen molar-refractivity contribution in [3.63, 3.8) is 0 Å². The van der Waals surface area contributed by atoms with Gasteiger partial charge >= 0.3 is 0 Å². The molecule has 1 aromatic carbocycles. The van der Waals surface area contributed by atoms with Gasteiger partial charge in [-0.25, -0.2) is 9.97 Å². The lowest BCUT2D eigenvalue weighted by molar-refractivity contribution is 0.0179. The molecule has 4 atom stereocenters. The number of nitrogen functional groups attached to an aromatic ring is 2. The molecule has 0 amide bonds. The monoisotopic (exact) mass is 325 g/mol. The van der Waals surface area contributed by atoms with Crippen LogP contribution in [-0.2, 0) is 0 Å². The molecule has 0 bridgehead atoms. The van der Waals surface area contributed by atoms with Crippen molar-refractivity contribution >= 4 is 22.5 Å². The van der Waals surface area contributed by atoms with Gasteiger partial charge < -0.3 is 26.2 Å². The molecule has 6 N–H and O–H groups in total. The third kappa shape index (κ3) is 2.21. The molecular weight excluding hydrogens is 306 g/mol. The Morgan fingerprint density at radius 1 is 1.00 bits per heavy atom. The number of aliphatic hydroxyl groups is 2. The lowest BCUT2D eigenvalue weighted by Crippen LogP contribution is -2.28. The fourth-order valence-corrected chi connectivity index (χ4v) is 3.62. The molecule has 4 rings (SSSR count). The van der Waals surface area contributed by atoms with E-state index >= 15 is 0 Å². The van der Waals surface area contributed by atoms with Crippen LogP contribution in [0, 0.1) is 0 Å². The summed E-state index contributed by atoms with van der Waals surface area (Å²) >= 11 is 0. The first-order valence-electron chi connectivity index (χ1n) is 7.85. The predicted octanol–water partition coefficient (Wildman–Crippen LogP) is 1.05. The standard InChI is InChI=1S/C17H19N5O2/c18-10-3-1-9(2-4-10)12-7-13(15(24)14(12)23)22-6-5-11-16(19)20-8-21-17(11)22/h1-6,8,12-15,23-24H,7,18H2,(H2,19,20,21)/t12-,13-,14-,15+/m1/s1. The maximum atomic E-state index is 10.6. The molecule has 7 heteroatoms. The smallest absolute Gasteiger partial charge is 0.145 e. The maximum Gasteiger partial charge on any atom is 0.145 e. The van der Waals surface area contributed by atoms with Crippen LogP contribution < -0.4 is 11.5 Å². The van der Waals surface area contributed by atoms with E-state index in [0.717, 1.165) is 10.9 Å². The highest BCUT2D eigenvalue weighted by Crippen LogP contribution is 2.42. The van der Waals surface area contributed by atoms with E-state index in [1.807, 2.05) is 29.0 Å². The SMILES string of the molecule is Nc1ccc([C@H]2C[C@@H](n3ccc4c(N)ncnc43)[C@H](O)[C@@H]2O)cc1. The first-order valence-corrected chi connectivity index (χ1v) is 7.85. The highest BCUT2D eigenvalue weighted by molar-refractivity contribution is 5.86. The molecule has 2 heterocycles. The number of nitrogens with two attached hydrogens (primary N) is 2. The third-order valence-electron chi connectivity index (χ3n) is 4.91. The Morgan fingerprint density at radius 3 is 2.50 bits per heavy atom. The van der Waals surface area contributed by atoms with Crippen LogP contribution >= 0.6 is 0 Å². The number of aromatic nitrogens is 3. The maximum absolute atomic E-state index is 10.6. The van der Waals surface area contributed by atoms with Gasteiger partial charge in [0, 0.05) is 17.8 Å². The van der Waals surface area contributed by atoms with Gasteiger partial charge in [0.25, 0.3) is 0 Å². The van der Waals surface area contributed by atoms with Crippen molar-refractivity contribution in [1.29, 1.82) is 0 Å². The van der Waals surface area contributed by atoms with Crippen LogP contribution in [-0.4, -0.2) is 37.0 Å². The minimum atomic E-state index is -0.889. The Morgan fingerprint density at radius 2 is 1.75 bits per heavy atom. The highest BCUT2D eigenvalue weighted by Gasteiger charge is 2.43. The molecule has 1 saturated carbocycles. The van der Waals surface area contributed by atoms with E-state index in [9.17, 15) is 10.2 Å². The number of hydrogen-bond donors (Lipinski definition) is 4. The van der Waals surface area contributed by atoms with Crippen molar-refractivity contribution in [2.75, 3.05) is 11.5 Å². The van der Waals surface area contributed by atoms with Gasteiger partial charge in [-0.2, -0.15) is 0 Å². The number of fused-ring (bicyclic) bond motifs is 1. The molecule has 7 nitrogen and oxygen atoms in total. The molecule has 0 aliphatic heterocycles. The van der Waals surface area contributed by atoms with Crippen LogP contribution in [0.15, 0.2) is 42.9 Å². The number of rotatable bonds is 2. The minimum absolute atomic E-state index is 0.165. The van der Waals surface area contributed by atoms with E-state index < -0.39 is 12.2 Å². The van der Waals surface area contributed by atoms with E-state index in [1.54, 1.807) is 12.1 Å². The molecule has 1 aliphatic carbocycles. The number of anilines is 2. The lowest BCUT2D eigenvalue weighted by Gasteiger charge is -2.19. The van der Waals surface area contributed by atoms with Gasteiger partial charge in [0.15, 0.2) is 0 Å². The fraction of sp³-hybridized carbons (Fsp3) is 0.294. The first-order chi connectivity index (χ1) is 11.6. The zero-order valence-electron chi connectivity index (χ0n) is 12.9. The second kappa shape index (κ2) is 5.47. The molecule has 0 unspecified atom stereocenters. The van der Waals surface area contributed by atoms with Crippen molar-refractivity contribution < 1.29 is 10.2 Å². The summed E-state index contributed by atoms with van der Waals surface area (Å²) in [6.45, 7) is 0. The Hall–Kier alpha value is -2.64. The summed E-state index contributed by atoms with van der Waals surface area (Å²) < 4.78 is 1.87. The zero-order chi connectivity index (χ0) is 16.8. The predicted molar refractivity (Wildman–Crippen MR) is 91.2 cm³/mol. The molecule has 0 spiro atoms. The first kappa shape index (κ1) is 14.9. The molecular formula is C17H19N5O2. The fourth-order valence-electron chi connectivity index (χ4n) is 3.62. The van der Waals surface area contributed by atoms with Crippen LogP contribution in [0.1, 0.15) is 23.9 Å². The van der Waals surface area contributed by atoms with Gasteiger partial charge in [-0.15, -0.1) is 0 Å². The average Bonchev–Trinajstić information content (AvgIpc) is 3.12. The molecule has 1 aliphatic rings. The van der Waals surface area contributed by atoms with Crippen LogP contribution in [0.3, 0.4) is 0 Å². The van der Waals surface area contributed by atoms with Gasteiger partial charge in [0.1, 0.15) is 23.9 Å². The summed E-state index contributed by atoms with van der Waals surface area (Å²) in [5.74, 6) is 0.240. The summed E-state index contributed by atoms with van der Waals surface area (Å²) in [4.78, 5) is 8.26. The minimum Gasteiger partial charge on any atom is -0.399 e. The normalized spacial score (nSPS) is 26.9. The van der Waals surface area contributed by atoms with Crippen LogP contribution in [0.2, 0.25) is 0 Å². The molecule has 1 fully saturated rings. The summed E-state index contributed by atoms with van der Waals surface area (Å²) in [6, 6.07) is 8.95. The highest BCUT2D eigenvalue weighted by atomic mass is 16.3. The number of hydrogen-bond acceptors (Lipinski definition) is 6. The Balaban J connectivity index is 1.71. The molecule has 3 aromatic rings. The summed E-state index contributed by atoms with van der Waals surface area (Å²) in [5, 5.41) is 21.8. The second-order valence-electron chi connectivity index (χ2n) is 6.28. The average molecular weight is 325 g/mol. The molecule has 0 radical (unpaired) electrons. The molecule has 24 heavy (non-hydrogen) atoms. The summed E-state index contributed by atoms with van der Waals surface area (Å²) in [7, 11) is 0. The Bertz CT molecular complexity index is 876. The van der Waals surface area contributed by atoms with Gasteiger partial charge in [-0.05, 0) is 30.2 Å². The zero-order valence-corrected chi connectivity index (χ0v) is 12.9. The Labute approximate surface area is 138 Å². The largest absolute Gasteiger partial charge is 0.399 e. The summed E-state index contributed by atoms with van der Waals surface area (Å²) in [6.07, 6.45) is 2.10. The lowest BCUT2D eigenvalue weighted by atomic mass is 9.95. The molecule has 2 aromatic heterocycles. The van der Waals surface area contributed by atoms with Crippen LogP contribution in [0.25, 0.3) is 11.0 Å². The van der Waals surface area contributed by atoms with Crippen molar-refractivity contribution in [3.05, 3.63) is 48.4 Å². The van der Waals surface area contributed by atoms with Crippen LogP contribution in [0.4, 0.5) is 11.5 Å². The van der Waals surface area contributed by atoms with E-state index in [1.165, 1.54) is 6.33 Å². The quantitative estimate of drug-likeness (QED) is 0.522. The molecule has 124 valence electrons. The van der Waals surface area contributed by atoms with Gasteiger partial charge in [-0.3, -0.25) is 0 Å². The summed E-state index contributed by atoms with van der Waals surface area (Å²) in [5.41, 5.74) is 13.9. The van der Waals surface area contributed by atoms with Crippen molar-refractivity contribution in [3.8, 4) is 0 Å². The van der Waals surface area contributed by atoms with Gasteiger partial charge in [-0.1, -0.05) is 12.1 Å². The van der Waals surface area contributed by atoms with E-state index in [4.69, 9.17) is 11.5 Å². The third-order valence-corrected chi connectivity index (χ3v) is 4.91. The number of benzene rings is 1. The van der Waals surface area contributed by atoms with Crippen molar-refractivity contribution in [1.82, 2.24) is 14.5 Å². The number of aliphatic hydroxyl groups excluding tert-OH is 2. The molecule has 0 saturated heterocycles. The van der Waals surface area contributed by atoms with Gasteiger partial charge in [0.05, 0.1) is 17.5 Å². The second-order valence-corrected chi connectivity index (χ2v) is 6.28. The van der Waals surface area contributed by atoms with Crippen molar-refractivity contribution in [2.45, 2.75) is 30.6 Å². The van der Waals surface area contributed by atoms with E-state index in [2.05, 4.69) is 9.97 Å².